The maximum absolute atomic E-state index is 13.6. The van der Waals surface area contributed by atoms with Crippen molar-refractivity contribution in [3.8, 4) is 0 Å². The van der Waals surface area contributed by atoms with E-state index in [9.17, 15) is 18.8 Å². The van der Waals surface area contributed by atoms with Crippen LogP contribution in [0.2, 0.25) is 0 Å². The maximum Gasteiger partial charge on any atom is 0.500 e. The lowest BCUT2D eigenvalue weighted by atomic mass is 10.0. The van der Waals surface area contributed by atoms with Crippen LogP contribution in [0.25, 0.3) is 0 Å². The summed E-state index contributed by atoms with van der Waals surface area (Å²) >= 11 is 0. The molecule has 0 bridgehead atoms. The van der Waals surface area contributed by atoms with E-state index in [4.69, 9.17) is 0 Å². The van der Waals surface area contributed by atoms with E-state index in [1.807, 2.05) is 4.90 Å². The molecule has 0 aromatic carbocycles. The maximum atomic E-state index is 13.6. The third-order valence-electron chi connectivity index (χ3n) is 4.81. The molecular weight excluding hydrogens is 341 g/mol. The molecule has 1 unspecified atom stereocenters. The number of rotatable bonds is 3. The fourth-order valence-corrected chi connectivity index (χ4v) is 3.26. The van der Waals surface area contributed by atoms with Gasteiger partial charge in [-0.2, -0.15) is 9.69 Å². The van der Waals surface area contributed by atoms with Crippen LogP contribution in [-0.4, -0.2) is 82.7 Å². The highest BCUT2D eigenvalue weighted by molar-refractivity contribution is 6.06. The number of imide groups is 1. The number of hydrogen-bond donors (Lipinski definition) is 1. The lowest BCUT2D eigenvalue weighted by molar-refractivity contribution is -0.401. The summed E-state index contributed by atoms with van der Waals surface area (Å²) in [6, 6.07) is 0.407. The number of carbonyl (C=O) groups excluding carboxylic acids is 3. The van der Waals surface area contributed by atoms with Crippen molar-refractivity contribution < 1.29 is 23.3 Å². The Bertz CT molecular complexity index is 773. The summed E-state index contributed by atoms with van der Waals surface area (Å²) in [5.41, 5.74) is -0.0278. The van der Waals surface area contributed by atoms with E-state index < -0.39 is 17.8 Å². The smallest absolute Gasteiger partial charge is 0.349 e. The number of likely N-dealkylation sites (N-methyl/N-ethyl adjacent to an activating group) is 1. The average Bonchev–Trinajstić information content (AvgIpc) is 2.64. The number of likely N-dealkylation sites (tertiary alicyclic amines) is 1. The zero-order valence-electron chi connectivity index (χ0n) is 14.7. The summed E-state index contributed by atoms with van der Waals surface area (Å²) in [5.74, 6) is -1.37. The van der Waals surface area contributed by atoms with Crippen LogP contribution in [0, 0.1) is 5.82 Å². The van der Waals surface area contributed by atoms with Crippen molar-refractivity contribution in [3.05, 3.63) is 29.8 Å². The third kappa shape index (κ3) is 3.48. The number of nitrogens with one attached hydrogen (secondary N) is 1. The second kappa shape index (κ2) is 7.28. The van der Waals surface area contributed by atoms with Crippen molar-refractivity contribution in [2.24, 2.45) is 0 Å². The Morgan fingerprint density at radius 1 is 1.35 bits per heavy atom. The van der Waals surface area contributed by atoms with Crippen LogP contribution < -0.4 is 5.32 Å². The standard InChI is InChI=1S/C17H20FN5O3/c1-21-10-14(16(25)22(2)17(21)26)23-7-4-11(5-8-23)20-15(24)12-3-6-19-9-13(12)18/h3,6,9-11,14H,4-5,7-8H2,1-2H3/p+1. The molecular formula is C17H21FN5O3+. The summed E-state index contributed by atoms with van der Waals surface area (Å²) in [7, 11) is 3.09. The van der Waals surface area contributed by atoms with Crippen LogP contribution in [0.15, 0.2) is 18.5 Å². The van der Waals surface area contributed by atoms with Crippen molar-refractivity contribution in [3.63, 3.8) is 0 Å². The van der Waals surface area contributed by atoms with Gasteiger partial charge in [-0.05, 0) is 18.9 Å². The number of urea groups is 1. The first-order chi connectivity index (χ1) is 12.4. The van der Waals surface area contributed by atoms with E-state index in [0.29, 0.717) is 25.9 Å². The second-order valence-corrected chi connectivity index (χ2v) is 6.52. The Labute approximate surface area is 150 Å². The summed E-state index contributed by atoms with van der Waals surface area (Å²) in [4.78, 5) is 43.1. The molecule has 26 heavy (non-hydrogen) atoms. The van der Waals surface area contributed by atoms with Gasteiger partial charge in [0.25, 0.3) is 5.91 Å². The molecule has 0 saturated carbocycles. The van der Waals surface area contributed by atoms with Gasteiger partial charge in [0, 0.05) is 25.3 Å². The summed E-state index contributed by atoms with van der Waals surface area (Å²) in [5, 5.41) is 2.83. The van der Waals surface area contributed by atoms with Crippen molar-refractivity contribution in [2.45, 2.75) is 24.9 Å². The molecule has 9 heteroatoms. The molecule has 0 radical (unpaired) electrons. The van der Waals surface area contributed by atoms with Crippen molar-refractivity contribution in [1.82, 2.24) is 20.1 Å². The quantitative estimate of drug-likeness (QED) is 0.771. The van der Waals surface area contributed by atoms with Gasteiger partial charge in [-0.15, -0.1) is 0 Å². The molecule has 1 aromatic heterocycles. The monoisotopic (exact) mass is 362 g/mol. The van der Waals surface area contributed by atoms with Gasteiger partial charge in [-0.3, -0.25) is 14.7 Å². The predicted molar refractivity (Wildman–Crippen MR) is 90.5 cm³/mol. The topological polar surface area (TPSA) is 85.6 Å². The highest BCUT2D eigenvalue weighted by Gasteiger charge is 2.42. The molecule has 1 fully saturated rings. The number of carbonyl (C=O) groups is 3. The third-order valence-corrected chi connectivity index (χ3v) is 4.81. The normalized spacial score (nSPS) is 22.3. The van der Waals surface area contributed by atoms with Gasteiger partial charge in [0.05, 0.1) is 25.9 Å². The minimum Gasteiger partial charge on any atom is -0.349 e. The van der Waals surface area contributed by atoms with E-state index in [2.05, 4.69) is 10.3 Å². The van der Waals surface area contributed by atoms with Gasteiger partial charge in [0.2, 0.25) is 0 Å². The highest BCUT2D eigenvalue weighted by atomic mass is 19.1. The van der Waals surface area contributed by atoms with Crippen LogP contribution in [-0.2, 0) is 4.79 Å². The van der Waals surface area contributed by atoms with Crippen LogP contribution in [0.3, 0.4) is 0 Å². The van der Waals surface area contributed by atoms with Crippen LogP contribution in [0.4, 0.5) is 9.18 Å². The molecule has 2 aliphatic heterocycles. The first kappa shape index (κ1) is 18.1. The largest absolute Gasteiger partial charge is 0.500 e. The van der Waals surface area contributed by atoms with E-state index in [-0.39, 0.29) is 23.5 Å². The van der Waals surface area contributed by atoms with E-state index >= 15 is 0 Å². The van der Waals surface area contributed by atoms with E-state index in [0.717, 1.165) is 11.1 Å². The number of aromatic nitrogens is 1. The fraction of sp³-hybridized carbons (Fsp3) is 0.471. The Hall–Kier alpha value is -2.68. The summed E-state index contributed by atoms with van der Waals surface area (Å²) in [6.45, 7) is 1.18. The number of piperidine rings is 1. The molecule has 1 N–H and O–H groups in total. The zero-order valence-corrected chi connectivity index (χ0v) is 14.7. The SMILES string of the molecule is CN1C(=O)C(N2CCC(NC(=O)c3ccncc3F)CC2)C=[N+](C)C1=O. The molecule has 1 aromatic rings. The molecule has 8 nitrogen and oxygen atoms in total. The molecule has 4 amide bonds. The van der Waals surface area contributed by atoms with Crippen molar-refractivity contribution in [2.75, 3.05) is 27.2 Å². The Morgan fingerprint density at radius 3 is 2.69 bits per heavy atom. The van der Waals surface area contributed by atoms with Gasteiger partial charge >= 0.3 is 11.9 Å². The van der Waals surface area contributed by atoms with Crippen LogP contribution in [0.5, 0.6) is 0 Å². The molecule has 0 spiro atoms. The number of hydrogen-bond acceptors (Lipinski definition) is 5. The Balaban J connectivity index is 1.60. The van der Waals surface area contributed by atoms with E-state index in [1.54, 1.807) is 13.3 Å². The minimum absolute atomic E-state index is 0.0278. The summed E-state index contributed by atoms with van der Waals surface area (Å²) in [6.07, 6.45) is 5.28. The zero-order chi connectivity index (χ0) is 18.8. The van der Waals surface area contributed by atoms with Gasteiger partial charge in [-0.25, -0.2) is 13.8 Å². The molecule has 2 aliphatic rings. The van der Waals surface area contributed by atoms with Crippen molar-refractivity contribution >= 4 is 24.1 Å². The summed E-state index contributed by atoms with van der Waals surface area (Å²) < 4.78 is 15.0. The first-order valence-electron chi connectivity index (χ1n) is 8.42. The number of pyridine rings is 1. The Morgan fingerprint density at radius 2 is 2.04 bits per heavy atom. The van der Waals surface area contributed by atoms with Gasteiger partial charge in [0.1, 0.15) is 6.21 Å². The van der Waals surface area contributed by atoms with Crippen LogP contribution in [0.1, 0.15) is 23.2 Å². The molecule has 138 valence electrons. The molecule has 3 rings (SSSR count). The minimum atomic E-state index is -0.652. The molecule has 3 heterocycles. The second-order valence-electron chi connectivity index (χ2n) is 6.52. The lowest BCUT2D eigenvalue weighted by Crippen LogP contribution is -2.59. The molecule has 0 aliphatic carbocycles. The average molecular weight is 362 g/mol. The number of amides is 4. The van der Waals surface area contributed by atoms with Crippen LogP contribution >= 0.6 is 0 Å². The number of nitrogens with zero attached hydrogens (tertiary/aromatic N) is 4. The van der Waals surface area contributed by atoms with Crippen molar-refractivity contribution in [1.29, 1.82) is 0 Å². The first-order valence-corrected chi connectivity index (χ1v) is 8.42. The predicted octanol–water partition coefficient (Wildman–Crippen LogP) is 0.0886. The highest BCUT2D eigenvalue weighted by Crippen LogP contribution is 2.16. The number of halogens is 1. The van der Waals surface area contributed by atoms with Gasteiger partial charge in [-0.1, -0.05) is 0 Å². The fourth-order valence-electron chi connectivity index (χ4n) is 3.26. The van der Waals surface area contributed by atoms with E-state index in [1.165, 1.54) is 23.9 Å². The molecule has 1 atom stereocenters. The lowest BCUT2D eigenvalue weighted by Gasteiger charge is -2.36. The Kier molecular flexibility index (Phi) is 5.08. The van der Waals surface area contributed by atoms with Gasteiger partial charge in [0.15, 0.2) is 11.9 Å². The molecule has 1 saturated heterocycles. The van der Waals surface area contributed by atoms with Gasteiger partial charge < -0.3 is 5.32 Å².